The number of rotatable bonds is 7. The monoisotopic (exact) mass is 246 g/mol. The summed E-state index contributed by atoms with van der Waals surface area (Å²) in [5.41, 5.74) is 0. The van der Waals surface area contributed by atoms with Crippen LogP contribution in [-0.4, -0.2) is 43.4 Å². The van der Waals surface area contributed by atoms with Gasteiger partial charge in [-0.3, -0.25) is 0 Å². The number of nitrogens with zero attached hydrogens (tertiary/aromatic N) is 2. The Labute approximate surface area is 96.1 Å². The summed E-state index contributed by atoms with van der Waals surface area (Å²) >= 11 is 0. The van der Waals surface area contributed by atoms with E-state index in [9.17, 15) is 8.42 Å². The van der Waals surface area contributed by atoms with Crippen molar-refractivity contribution >= 4 is 10.0 Å². The van der Waals surface area contributed by atoms with E-state index in [4.69, 9.17) is 0 Å². The minimum absolute atomic E-state index is 0.0950. The first kappa shape index (κ1) is 13.1. The largest absolute Gasteiger partial charge is 0.336 e. The zero-order chi connectivity index (χ0) is 12.0. The van der Waals surface area contributed by atoms with Crippen molar-refractivity contribution in [2.75, 3.05) is 19.3 Å². The molecule has 0 aliphatic rings. The Morgan fingerprint density at radius 1 is 1.50 bits per heavy atom. The smallest absolute Gasteiger partial charge is 0.213 e. The molecule has 92 valence electrons. The van der Waals surface area contributed by atoms with Gasteiger partial charge in [0.25, 0.3) is 0 Å². The van der Waals surface area contributed by atoms with Gasteiger partial charge in [0.15, 0.2) is 0 Å². The van der Waals surface area contributed by atoms with Crippen molar-refractivity contribution in [1.82, 2.24) is 19.6 Å². The molecule has 6 nitrogen and oxygen atoms in total. The predicted molar refractivity (Wildman–Crippen MR) is 62.5 cm³/mol. The standard InChI is InChI=1S/C9H18N4O2S/c1-9(7-13-5-3-11-8-13)12-16(14,15)6-4-10-2/h3,5,8-10,12H,4,6-7H2,1-2H3. The predicted octanol–water partition coefficient (Wildman–Crippen LogP) is -0.590. The molecule has 0 saturated carbocycles. The third kappa shape index (κ3) is 4.73. The second-order valence-electron chi connectivity index (χ2n) is 3.70. The lowest BCUT2D eigenvalue weighted by molar-refractivity contribution is 0.519. The fourth-order valence-electron chi connectivity index (χ4n) is 1.35. The van der Waals surface area contributed by atoms with E-state index in [1.54, 1.807) is 25.8 Å². The molecule has 16 heavy (non-hydrogen) atoms. The molecule has 0 aliphatic carbocycles. The van der Waals surface area contributed by atoms with Crippen LogP contribution in [0.25, 0.3) is 0 Å². The summed E-state index contributed by atoms with van der Waals surface area (Å²) in [5.74, 6) is 0.0950. The lowest BCUT2D eigenvalue weighted by atomic mass is 10.4. The molecule has 1 aromatic heterocycles. The summed E-state index contributed by atoms with van der Waals surface area (Å²) < 4.78 is 27.6. The summed E-state index contributed by atoms with van der Waals surface area (Å²) in [6.45, 7) is 2.86. The van der Waals surface area contributed by atoms with E-state index in [2.05, 4.69) is 15.0 Å². The lowest BCUT2D eigenvalue weighted by Crippen LogP contribution is -2.38. The summed E-state index contributed by atoms with van der Waals surface area (Å²) in [7, 11) is -1.47. The quantitative estimate of drug-likeness (QED) is 0.674. The molecule has 0 radical (unpaired) electrons. The van der Waals surface area contributed by atoms with Crippen LogP contribution < -0.4 is 10.0 Å². The number of hydrogen-bond acceptors (Lipinski definition) is 4. The lowest BCUT2D eigenvalue weighted by Gasteiger charge is -2.14. The van der Waals surface area contributed by atoms with Crippen molar-refractivity contribution in [3.63, 3.8) is 0 Å². The van der Waals surface area contributed by atoms with Gasteiger partial charge in [-0.15, -0.1) is 0 Å². The normalized spacial score (nSPS) is 13.9. The third-order valence-electron chi connectivity index (χ3n) is 2.05. The Bertz CT molecular complexity index is 388. The van der Waals surface area contributed by atoms with Gasteiger partial charge in [-0.25, -0.2) is 18.1 Å². The van der Waals surface area contributed by atoms with Crippen molar-refractivity contribution in [1.29, 1.82) is 0 Å². The molecule has 1 atom stereocenters. The summed E-state index contributed by atoms with van der Waals surface area (Å²) in [5, 5.41) is 2.81. The average Bonchev–Trinajstić information content (AvgIpc) is 2.66. The number of sulfonamides is 1. The van der Waals surface area contributed by atoms with E-state index < -0.39 is 10.0 Å². The molecule has 0 aliphatic heterocycles. The highest BCUT2D eigenvalue weighted by Gasteiger charge is 2.13. The molecule has 0 spiro atoms. The van der Waals surface area contributed by atoms with Crippen molar-refractivity contribution in [3.05, 3.63) is 18.7 Å². The van der Waals surface area contributed by atoms with Crippen LogP contribution in [0.5, 0.6) is 0 Å². The highest BCUT2D eigenvalue weighted by Crippen LogP contribution is 1.94. The summed E-state index contributed by atoms with van der Waals surface area (Å²) in [4.78, 5) is 3.90. The van der Waals surface area contributed by atoms with E-state index in [0.29, 0.717) is 13.1 Å². The van der Waals surface area contributed by atoms with Crippen LogP contribution in [0.2, 0.25) is 0 Å². The van der Waals surface area contributed by atoms with Gasteiger partial charge in [0, 0.05) is 31.5 Å². The molecule has 1 heterocycles. The van der Waals surface area contributed by atoms with Crippen molar-refractivity contribution in [3.8, 4) is 0 Å². The van der Waals surface area contributed by atoms with Crippen LogP contribution in [0.1, 0.15) is 6.92 Å². The Hall–Kier alpha value is -0.920. The SMILES string of the molecule is CNCCS(=O)(=O)NC(C)Cn1ccnc1. The van der Waals surface area contributed by atoms with Crippen LogP contribution in [0.3, 0.4) is 0 Å². The summed E-state index contributed by atoms with van der Waals surface area (Å²) in [6.07, 6.45) is 5.14. The Morgan fingerprint density at radius 3 is 2.81 bits per heavy atom. The van der Waals surface area contributed by atoms with E-state index in [-0.39, 0.29) is 11.8 Å². The Kier molecular flexibility index (Phi) is 4.91. The van der Waals surface area contributed by atoms with Gasteiger partial charge < -0.3 is 9.88 Å². The molecule has 2 N–H and O–H groups in total. The van der Waals surface area contributed by atoms with E-state index in [1.165, 1.54) is 0 Å². The molecule has 0 aromatic carbocycles. The van der Waals surface area contributed by atoms with Gasteiger partial charge in [-0.2, -0.15) is 0 Å². The van der Waals surface area contributed by atoms with Crippen LogP contribution in [0.15, 0.2) is 18.7 Å². The topological polar surface area (TPSA) is 76.0 Å². The maximum absolute atomic E-state index is 11.6. The van der Waals surface area contributed by atoms with Gasteiger partial charge >= 0.3 is 0 Å². The number of nitrogens with one attached hydrogen (secondary N) is 2. The molecule has 0 bridgehead atoms. The van der Waals surface area contributed by atoms with Gasteiger partial charge in [0.05, 0.1) is 12.1 Å². The zero-order valence-electron chi connectivity index (χ0n) is 9.55. The highest BCUT2D eigenvalue weighted by molar-refractivity contribution is 7.89. The fourth-order valence-corrected chi connectivity index (χ4v) is 2.63. The minimum atomic E-state index is -3.19. The zero-order valence-corrected chi connectivity index (χ0v) is 10.4. The molecule has 0 saturated heterocycles. The molecule has 0 amide bonds. The van der Waals surface area contributed by atoms with Crippen LogP contribution in [0, 0.1) is 0 Å². The van der Waals surface area contributed by atoms with E-state index in [0.717, 1.165) is 0 Å². The van der Waals surface area contributed by atoms with Crippen LogP contribution in [-0.2, 0) is 16.6 Å². The van der Waals surface area contributed by atoms with E-state index in [1.807, 2.05) is 11.5 Å². The van der Waals surface area contributed by atoms with Gasteiger partial charge in [0.1, 0.15) is 0 Å². The number of aromatic nitrogens is 2. The van der Waals surface area contributed by atoms with Crippen LogP contribution in [0.4, 0.5) is 0 Å². The third-order valence-corrected chi connectivity index (χ3v) is 3.55. The Morgan fingerprint density at radius 2 is 2.25 bits per heavy atom. The first-order valence-electron chi connectivity index (χ1n) is 5.14. The molecule has 1 rings (SSSR count). The van der Waals surface area contributed by atoms with Crippen LogP contribution >= 0.6 is 0 Å². The summed E-state index contributed by atoms with van der Waals surface area (Å²) in [6, 6.07) is -0.143. The maximum atomic E-state index is 11.6. The van der Waals surface area contributed by atoms with Crippen molar-refractivity contribution in [2.24, 2.45) is 0 Å². The van der Waals surface area contributed by atoms with Crippen molar-refractivity contribution < 1.29 is 8.42 Å². The Balaban J connectivity index is 2.41. The highest BCUT2D eigenvalue weighted by atomic mass is 32.2. The first-order valence-corrected chi connectivity index (χ1v) is 6.79. The molecule has 1 unspecified atom stereocenters. The molecule has 0 fully saturated rings. The minimum Gasteiger partial charge on any atom is -0.336 e. The molecular formula is C9H18N4O2S. The first-order chi connectivity index (χ1) is 7.53. The molecule has 1 aromatic rings. The fraction of sp³-hybridized carbons (Fsp3) is 0.667. The van der Waals surface area contributed by atoms with Gasteiger partial charge in [-0.1, -0.05) is 0 Å². The van der Waals surface area contributed by atoms with Crippen molar-refractivity contribution in [2.45, 2.75) is 19.5 Å². The van der Waals surface area contributed by atoms with Gasteiger partial charge in [0.2, 0.25) is 10.0 Å². The van der Waals surface area contributed by atoms with E-state index >= 15 is 0 Å². The second-order valence-corrected chi connectivity index (χ2v) is 5.57. The maximum Gasteiger partial charge on any atom is 0.213 e. The second kappa shape index (κ2) is 5.97. The molecular weight excluding hydrogens is 228 g/mol. The number of imidazole rings is 1. The van der Waals surface area contributed by atoms with Gasteiger partial charge in [-0.05, 0) is 14.0 Å². The molecule has 7 heteroatoms. The number of hydrogen-bond donors (Lipinski definition) is 2. The average molecular weight is 246 g/mol.